The van der Waals surface area contributed by atoms with Gasteiger partial charge in [-0.05, 0) is 33.8 Å². The van der Waals surface area contributed by atoms with Crippen LogP contribution in [0.5, 0.6) is 0 Å². The molecule has 20 heavy (non-hydrogen) atoms. The Morgan fingerprint density at radius 2 is 2.20 bits per heavy atom. The van der Waals surface area contributed by atoms with Crippen LogP contribution in [-0.4, -0.2) is 36.2 Å². The predicted octanol–water partition coefficient (Wildman–Crippen LogP) is 3.75. The number of halogens is 1. The number of nitrogens with zero attached hydrogens (tertiary/aromatic N) is 1. The van der Waals surface area contributed by atoms with Crippen molar-refractivity contribution in [2.45, 2.75) is 39.8 Å². The first-order valence-corrected chi connectivity index (χ1v) is 7.99. The second-order valence-corrected chi connectivity index (χ2v) is 6.90. The highest BCUT2D eigenvalue weighted by molar-refractivity contribution is 7.10. The SMILES string of the molecule is CCN(CCNCc1cc(Cl)cs1)C(=O)OC(C)(C)C. The van der Waals surface area contributed by atoms with E-state index in [1.54, 1.807) is 16.2 Å². The molecule has 4 nitrogen and oxygen atoms in total. The van der Waals surface area contributed by atoms with Gasteiger partial charge in [0, 0.05) is 36.4 Å². The van der Waals surface area contributed by atoms with Crippen molar-refractivity contribution in [3.05, 3.63) is 21.3 Å². The number of nitrogens with one attached hydrogen (secondary N) is 1. The number of likely N-dealkylation sites (N-methyl/N-ethyl adjacent to an activating group) is 1. The Bertz CT molecular complexity index is 429. The van der Waals surface area contributed by atoms with Crippen LogP contribution in [0.2, 0.25) is 5.02 Å². The molecule has 1 aromatic rings. The molecule has 0 fully saturated rings. The number of ether oxygens (including phenoxy) is 1. The average Bonchev–Trinajstić information content (AvgIpc) is 2.72. The van der Waals surface area contributed by atoms with E-state index in [4.69, 9.17) is 16.3 Å². The average molecular weight is 319 g/mol. The van der Waals surface area contributed by atoms with E-state index in [9.17, 15) is 4.79 Å². The van der Waals surface area contributed by atoms with Crippen molar-refractivity contribution in [2.75, 3.05) is 19.6 Å². The normalized spacial score (nSPS) is 11.4. The fourth-order valence-electron chi connectivity index (χ4n) is 1.58. The quantitative estimate of drug-likeness (QED) is 0.812. The standard InChI is InChI=1S/C14H23ClN2O2S/c1-5-17(13(18)19-14(2,3)4)7-6-16-9-12-8-11(15)10-20-12/h8,10,16H,5-7,9H2,1-4H3. The molecule has 0 aromatic carbocycles. The van der Waals surface area contributed by atoms with Gasteiger partial charge in [-0.15, -0.1) is 11.3 Å². The predicted molar refractivity (Wildman–Crippen MR) is 84.5 cm³/mol. The van der Waals surface area contributed by atoms with Crippen LogP contribution in [0.1, 0.15) is 32.6 Å². The van der Waals surface area contributed by atoms with Gasteiger partial charge < -0.3 is 15.0 Å². The molecule has 0 bridgehead atoms. The summed E-state index contributed by atoms with van der Waals surface area (Å²) in [5, 5.41) is 5.99. The van der Waals surface area contributed by atoms with E-state index >= 15 is 0 Å². The molecule has 1 aromatic heterocycles. The lowest BCUT2D eigenvalue weighted by Gasteiger charge is -2.26. The second kappa shape index (κ2) is 7.86. The van der Waals surface area contributed by atoms with Gasteiger partial charge in [-0.25, -0.2) is 4.79 Å². The van der Waals surface area contributed by atoms with E-state index in [2.05, 4.69) is 5.32 Å². The zero-order valence-electron chi connectivity index (χ0n) is 12.5. The first-order valence-electron chi connectivity index (χ1n) is 6.73. The maximum absolute atomic E-state index is 11.9. The van der Waals surface area contributed by atoms with E-state index < -0.39 is 5.60 Å². The first-order chi connectivity index (χ1) is 9.31. The highest BCUT2D eigenvalue weighted by Crippen LogP contribution is 2.18. The van der Waals surface area contributed by atoms with Gasteiger partial charge in [0.25, 0.3) is 0 Å². The minimum atomic E-state index is -0.453. The van der Waals surface area contributed by atoms with Gasteiger partial charge in [0.05, 0.1) is 5.02 Å². The van der Waals surface area contributed by atoms with Crippen LogP contribution in [0, 0.1) is 0 Å². The van der Waals surface area contributed by atoms with Gasteiger partial charge in [0.2, 0.25) is 0 Å². The van der Waals surface area contributed by atoms with Crippen LogP contribution in [0.3, 0.4) is 0 Å². The van der Waals surface area contributed by atoms with Crippen LogP contribution >= 0.6 is 22.9 Å². The molecular weight excluding hydrogens is 296 g/mol. The molecule has 6 heteroatoms. The third-order valence-electron chi connectivity index (χ3n) is 2.51. The molecule has 114 valence electrons. The summed E-state index contributed by atoms with van der Waals surface area (Å²) in [4.78, 5) is 14.8. The minimum Gasteiger partial charge on any atom is -0.444 e. The fraction of sp³-hybridized carbons (Fsp3) is 0.643. The number of amides is 1. The number of hydrogen-bond donors (Lipinski definition) is 1. The molecule has 1 amide bonds. The number of hydrogen-bond acceptors (Lipinski definition) is 4. The summed E-state index contributed by atoms with van der Waals surface area (Å²) in [7, 11) is 0. The molecule has 1 rings (SSSR count). The van der Waals surface area contributed by atoms with Gasteiger partial charge in [0.15, 0.2) is 0 Å². The smallest absolute Gasteiger partial charge is 0.410 e. The lowest BCUT2D eigenvalue weighted by molar-refractivity contribution is 0.0262. The topological polar surface area (TPSA) is 41.6 Å². The van der Waals surface area contributed by atoms with E-state index in [1.165, 1.54) is 4.88 Å². The van der Waals surface area contributed by atoms with E-state index in [1.807, 2.05) is 39.1 Å². The molecule has 0 atom stereocenters. The Kier molecular flexibility index (Phi) is 6.79. The number of carbonyl (C=O) groups excluding carboxylic acids is 1. The van der Waals surface area contributed by atoms with Gasteiger partial charge >= 0.3 is 6.09 Å². The Labute approximate surface area is 130 Å². The van der Waals surface area contributed by atoms with Crippen LogP contribution in [0.4, 0.5) is 4.79 Å². The summed E-state index contributed by atoms with van der Waals surface area (Å²) in [6, 6.07) is 1.95. The van der Waals surface area contributed by atoms with Gasteiger partial charge in [-0.1, -0.05) is 11.6 Å². The molecular formula is C14H23ClN2O2S. The van der Waals surface area contributed by atoms with Crippen molar-refractivity contribution < 1.29 is 9.53 Å². The van der Waals surface area contributed by atoms with Crippen molar-refractivity contribution in [3.63, 3.8) is 0 Å². The van der Waals surface area contributed by atoms with Crippen LogP contribution in [-0.2, 0) is 11.3 Å². The summed E-state index contributed by atoms with van der Waals surface area (Å²) in [6.07, 6.45) is -0.263. The molecule has 0 aliphatic rings. The number of rotatable bonds is 6. The lowest BCUT2D eigenvalue weighted by Crippen LogP contribution is -2.40. The van der Waals surface area contributed by atoms with Crippen LogP contribution in [0.15, 0.2) is 11.4 Å². The molecule has 0 aliphatic heterocycles. The Balaban J connectivity index is 2.29. The van der Waals surface area contributed by atoms with Crippen molar-refractivity contribution in [2.24, 2.45) is 0 Å². The summed E-state index contributed by atoms with van der Waals surface area (Å²) < 4.78 is 5.35. The minimum absolute atomic E-state index is 0.263. The molecule has 1 heterocycles. The molecule has 0 saturated carbocycles. The summed E-state index contributed by atoms with van der Waals surface area (Å²) >= 11 is 7.49. The maximum Gasteiger partial charge on any atom is 0.410 e. The van der Waals surface area contributed by atoms with Crippen molar-refractivity contribution >= 4 is 29.0 Å². The summed E-state index contributed by atoms with van der Waals surface area (Å²) in [5.41, 5.74) is -0.453. The summed E-state index contributed by atoms with van der Waals surface area (Å²) in [6.45, 7) is 10.3. The molecule has 0 spiro atoms. The van der Waals surface area contributed by atoms with Crippen LogP contribution < -0.4 is 5.32 Å². The third kappa shape index (κ3) is 6.59. The Hall–Kier alpha value is -0.780. The number of carbonyl (C=O) groups is 1. The van der Waals surface area contributed by atoms with Gasteiger partial charge in [-0.2, -0.15) is 0 Å². The third-order valence-corrected chi connectivity index (χ3v) is 3.80. The monoisotopic (exact) mass is 318 g/mol. The number of thiophene rings is 1. The first kappa shape index (κ1) is 17.3. The van der Waals surface area contributed by atoms with E-state index in [-0.39, 0.29) is 6.09 Å². The molecule has 0 saturated heterocycles. The molecule has 1 N–H and O–H groups in total. The van der Waals surface area contributed by atoms with E-state index in [0.29, 0.717) is 13.1 Å². The molecule has 0 unspecified atom stereocenters. The lowest BCUT2D eigenvalue weighted by atomic mass is 10.2. The Morgan fingerprint density at radius 3 is 2.70 bits per heavy atom. The largest absolute Gasteiger partial charge is 0.444 e. The fourth-order valence-corrected chi connectivity index (χ4v) is 2.62. The van der Waals surface area contributed by atoms with Gasteiger partial charge in [-0.3, -0.25) is 0 Å². The zero-order chi connectivity index (χ0) is 15.2. The van der Waals surface area contributed by atoms with Crippen molar-refractivity contribution in [1.82, 2.24) is 10.2 Å². The highest BCUT2D eigenvalue weighted by atomic mass is 35.5. The van der Waals surface area contributed by atoms with E-state index in [0.717, 1.165) is 18.1 Å². The van der Waals surface area contributed by atoms with Crippen LogP contribution in [0.25, 0.3) is 0 Å². The second-order valence-electron chi connectivity index (χ2n) is 5.47. The Morgan fingerprint density at radius 1 is 1.50 bits per heavy atom. The van der Waals surface area contributed by atoms with Crippen molar-refractivity contribution in [3.8, 4) is 0 Å². The van der Waals surface area contributed by atoms with Gasteiger partial charge in [0.1, 0.15) is 5.60 Å². The molecule has 0 aliphatic carbocycles. The summed E-state index contributed by atoms with van der Waals surface area (Å²) in [5.74, 6) is 0. The van der Waals surface area contributed by atoms with Crippen molar-refractivity contribution in [1.29, 1.82) is 0 Å². The highest BCUT2D eigenvalue weighted by Gasteiger charge is 2.20. The maximum atomic E-state index is 11.9. The zero-order valence-corrected chi connectivity index (χ0v) is 14.1. The molecule has 0 radical (unpaired) electrons.